The summed E-state index contributed by atoms with van der Waals surface area (Å²) in [4.78, 5) is 14.3. The first-order valence-corrected chi connectivity index (χ1v) is 13.5. The number of halogens is 1. The molecule has 0 amide bonds. The van der Waals surface area contributed by atoms with Crippen molar-refractivity contribution < 1.29 is 27.1 Å². The molecule has 0 aliphatic rings. The average molecular weight is 537 g/mol. The monoisotopic (exact) mass is 536 g/mol. The molecule has 0 aliphatic carbocycles. The highest BCUT2D eigenvalue weighted by molar-refractivity contribution is 7.92. The van der Waals surface area contributed by atoms with E-state index in [9.17, 15) is 17.6 Å². The van der Waals surface area contributed by atoms with E-state index in [1.807, 2.05) is 42.2 Å². The fraction of sp³-hybridized carbons (Fsp3) is 0.207. The van der Waals surface area contributed by atoms with Gasteiger partial charge < -0.3 is 14.4 Å². The van der Waals surface area contributed by atoms with E-state index in [2.05, 4.69) is 4.72 Å². The second kappa shape index (κ2) is 11.5. The van der Waals surface area contributed by atoms with Gasteiger partial charge in [0, 0.05) is 29.0 Å². The van der Waals surface area contributed by atoms with Gasteiger partial charge >= 0.3 is 5.97 Å². The minimum absolute atomic E-state index is 0.107. The molecule has 4 rings (SSSR count). The Morgan fingerprint density at radius 3 is 2.21 bits per heavy atom. The fourth-order valence-corrected chi connectivity index (χ4v) is 5.36. The molecule has 0 fully saturated rings. The molecule has 0 radical (unpaired) electrons. The minimum Gasteiger partial charge on any atom is -0.497 e. The molecule has 0 heterocycles. The number of hydrogen-bond acceptors (Lipinski definition) is 6. The summed E-state index contributed by atoms with van der Waals surface area (Å²) in [5.74, 6) is -0.127. The van der Waals surface area contributed by atoms with Crippen molar-refractivity contribution in [1.82, 2.24) is 0 Å². The predicted octanol–water partition coefficient (Wildman–Crippen LogP) is 5.75. The summed E-state index contributed by atoms with van der Waals surface area (Å²) in [5, 5.41) is 1.48. The molecule has 0 spiro atoms. The van der Waals surface area contributed by atoms with Crippen LogP contribution in [0.4, 0.5) is 15.8 Å². The van der Waals surface area contributed by atoms with Crippen molar-refractivity contribution in [2.75, 3.05) is 23.8 Å². The van der Waals surface area contributed by atoms with Crippen molar-refractivity contribution in [3.63, 3.8) is 0 Å². The van der Waals surface area contributed by atoms with Gasteiger partial charge in [-0.15, -0.1) is 0 Å². The van der Waals surface area contributed by atoms with Gasteiger partial charge in [-0.05, 0) is 61.0 Å². The summed E-state index contributed by atoms with van der Waals surface area (Å²) in [6, 6.07) is 23.1. The summed E-state index contributed by atoms with van der Waals surface area (Å²) < 4.78 is 52.6. The number of hydrogen-bond donors (Lipinski definition) is 1. The third-order valence-electron chi connectivity index (χ3n) is 6.31. The summed E-state index contributed by atoms with van der Waals surface area (Å²) >= 11 is 0. The Bertz CT molecular complexity index is 1520. The van der Waals surface area contributed by atoms with E-state index < -0.39 is 10.0 Å². The predicted molar refractivity (Wildman–Crippen MR) is 146 cm³/mol. The number of esters is 1. The Morgan fingerprint density at radius 1 is 0.921 bits per heavy atom. The molecule has 198 valence electrons. The van der Waals surface area contributed by atoms with Gasteiger partial charge in [-0.25, -0.2) is 12.8 Å². The second-order valence-electron chi connectivity index (χ2n) is 8.84. The topological polar surface area (TPSA) is 84.9 Å². The van der Waals surface area contributed by atoms with Gasteiger partial charge in [0.2, 0.25) is 0 Å². The second-order valence-corrected chi connectivity index (χ2v) is 10.5. The lowest BCUT2D eigenvalue weighted by atomic mass is 10.0. The normalized spacial score (nSPS) is 12.1. The average Bonchev–Trinajstić information content (AvgIpc) is 2.93. The molecule has 9 heteroatoms. The SMILES string of the molecule is COC(=O)C[C@H](C)N(Cc1ccc(F)cc1)c1ccc(NS(=O)(=O)c2ccc(OC)cc2)c2ccccc12. The Kier molecular flexibility index (Phi) is 8.16. The maximum atomic E-state index is 13.5. The van der Waals surface area contributed by atoms with Crippen molar-refractivity contribution in [3.05, 3.63) is 96.3 Å². The zero-order chi connectivity index (χ0) is 27.3. The summed E-state index contributed by atoms with van der Waals surface area (Å²) in [7, 11) is -1.01. The zero-order valence-electron chi connectivity index (χ0n) is 21.3. The van der Waals surface area contributed by atoms with Crippen molar-refractivity contribution >= 4 is 38.1 Å². The molecule has 1 atom stereocenters. The quantitative estimate of drug-likeness (QED) is 0.260. The lowest BCUT2D eigenvalue weighted by Crippen LogP contribution is -2.34. The van der Waals surface area contributed by atoms with Crippen LogP contribution < -0.4 is 14.4 Å². The highest BCUT2D eigenvalue weighted by Crippen LogP contribution is 2.35. The van der Waals surface area contributed by atoms with Gasteiger partial charge in [-0.1, -0.05) is 36.4 Å². The smallest absolute Gasteiger partial charge is 0.307 e. The molecule has 0 bridgehead atoms. The Morgan fingerprint density at radius 2 is 1.58 bits per heavy atom. The van der Waals surface area contributed by atoms with Crippen LogP contribution in [-0.2, 0) is 26.1 Å². The Labute approximate surface area is 221 Å². The van der Waals surface area contributed by atoms with E-state index in [1.165, 1.54) is 38.5 Å². The highest BCUT2D eigenvalue weighted by Gasteiger charge is 2.23. The Hall–Kier alpha value is -4.11. The maximum Gasteiger partial charge on any atom is 0.307 e. The number of carbonyl (C=O) groups excluding carboxylic acids is 1. The van der Waals surface area contributed by atoms with Crippen molar-refractivity contribution in [2.45, 2.75) is 30.8 Å². The molecule has 0 unspecified atom stereocenters. The van der Waals surface area contributed by atoms with E-state index in [1.54, 1.807) is 30.3 Å². The summed E-state index contributed by atoms with van der Waals surface area (Å²) in [6.45, 7) is 2.31. The number of ether oxygens (including phenoxy) is 2. The number of carbonyl (C=O) groups is 1. The molecule has 0 aromatic heterocycles. The molecule has 1 N–H and O–H groups in total. The van der Waals surface area contributed by atoms with E-state index in [4.69, 9.17) is 9.47 Å². The number of rotatable bonds is 10. The van der Waals surface area contributed by atoms with Crippen molar-refractivity contribution in [3.8, 4) is 5.75 Å². The van der Waals surface area contributed by atoms with Gasteiger partial charge in [0.25, 0.3) is 10.0 Å². The van der Waals surface area contributed by atoms with E-state index in [0.717, 1.165) is 16.6 Å². The number of sulfonamides is 1. The van der Waals surface area contributed by atoms with E-state index in [-0.39, 0.29) is 29.1 Å². The van der Waals surface area contributed by atoms with Crippen LogP contribution in [0.25, 0.3) is 10.8 Å². The first kappa shape index (κ1) is 26.9. The van der Waals surface area contributed by atoms with Gasteiger partial charge in [-0.3, -0.25) is 9.52 Å². The van der Waals surface area contributed by atoms with Crippen LogP contribution in [0.15, 0.2) is 89.8 Å². The number of benzene rings is 4. The zero-order valence-corrected chi connectivity index (χ0v) is 22.2. The van der Waals surface area contributed by atoms with Gasteiger partial charge in [0.15, 0.2) is 0 Å². The third kappa shape index (κ3) is 6.06. The molecule has 4 aromatic rings. The number of fused-ring (bicyclic) bond motifs is 1. The van der Waals surface area contributed by atoms with Crippen LogP contribution in [0.3, 0.4) is 0 Å². The van der Waals surface area contributed by atoms with Gasteiger partial charge in [-0.2, -0.15) is 0 Å². The van der Waals surface area contributed by atoms with Gasteiger partial charge in [0.05, 0.1) is 31.2 Å². The molecular weight excluding hydrogens is 507 g/mol. The molecular formula is C29H29FN2O5S. The first-order chi connectivity index (χ1) is 18.2. The minimum atomic E-state index is -3.87. The summed E-state index contributed by atoms with van der Waals surface area (Å²) in [5.41, 5.74) is 2.08. The molecule has 7 nitrogen and oxygen atoms in total. The summed E-state index contributed by atoms with van der Waals surface area (Å²) in [6.07, 6.45) is 0.137. The fourth-order valence-electron chi connectivity index (χ4n) is 4.28. The van der Waals surface area contributed by atoms with Crippen LogP contribution in [0.5, 0.6) is 5.75 Å². The van der Waals surface area contributed by atoms with Crippen molar-refractivity contribution in [1.29, 1.82) is 0 Å². The highest BCUT2D eigenvalue weighted by atomic mass is 32.2. The largest absolute Gasteiger partial charge is 0.497 e. The molecule has 38 heavy (non-hydrogen) atoms. The molecule has 0 saturated heterocycles. The number of methoxy groups -OCH3 is 2. The molecule has 0 aliphatic heterocycles. The van der Waals surface area contributed by atoms with Crippen LogP contribution in [-0.4, -0.2) is 34.6 Å². The van der Waals surface area contributed by atoms with Crippen LogP contribution in [0, 0.1) is 5.82 Å². The molecule has 4 aromatic carbocycles. The van der Waals surface area contributed by atoms with E-state index >= 15 is 0 Å². The number of anilines is 2. The number of nitrogens with zero attached hydrogens (tertiary/aromatic N) is 1. The van der Waals surface area contributed by atoms with Crippen LogP contribution in [0.2, 0.25) is 0 Å². The Balaban J connectivity index is 1.75. The first-order valence-electron chi connectivity index (χ1n) is 12.0. The lowest BCUT2D eigenvalue weighted by Gasteiger charge is -2.32. The van der Waals surface area contributed by atoms with Crippen molar-refractivity contribution in [2.24, 2.45) is 0 Å². The number of nitrogens with one attached hydrogen (secondary N) is 1. The standard InChI is InChI=1S/C29H29FN2O5S/c1-20(18-29(33)37-3)32(19-21-8-10-22(30)11-9-21)28-17-16-27(25-6-4-5-7-26(25)28)31-38(34,35)24-14-12-23(36-2)13-15-24/h4-17,20,31H,18-19H2,1-3H3/t20-/m0/s1. The molecule has 0 saturated carbocycles. The van der Waals surface area contributed by atoms with Crippen LogP contribution in [0.1, 0.15) is 18.9 Å². The maximum absolute atomic E-state index is 13.5. The third-order valence-corrected chi connectivity index (χ3v) is 7.69. The van der Waals surface area contributed by atoms with Gasteiger partial charge in [0.1, 0.15) is 11.6 Å². The lowest BCUT2D eigenvalue weighted by molar-refractivity contribution is -0.140. The van der Waals surface area contributed by atoms with Crippen LogP contribution >= 0.6 is 0 Å². The van der Waals surface area contributed by atoms with E-state index in [0.29, 0.717) is 23.4 Å².